The van der Waals surface area contributed by atoms with E-state index < -0.39 is 0 Å². The predicted molar refractivity (Wildman–Crippen MR) is 71.0 cm³/mol. The van der Waals surface area contributed by atoms with Crippen molar-refractivity contribution in [1.29, 1.82) is 0 Å². The maximum atomic E-state index is 10.00. The van der Waals surface area contributed by atoms with Crippen molar-refractivity contribution in [3.8, 4) is 0 Å². The lowest BCUT2D eigenvalue weighted by atomic mass is 9.91. The molecule has 2 nitrogen and oxygen atoms in total. The van der Waals surface area contributed by atoms with Crippen molar-refractivity contribution in [2.75, 3.05) is 18.6 Å². The highest BCUT2D eigenvalue weighted by Crippen LogP contribution is 2.28. The molecule has 1 rings (SSSR count). The molecule has 0 radical (unpaired) electrons. The molecule has 1 aliphatic rings. The summed E-state index contributed by atoms with van der Waals surface area (Å²) in [4.78, 5) is 0. The van der Waals surface area contributed by atoms with Gasteiger partial charge in [-0.3, -0.25) is 0 Å². The van der Waals surface area contributed by atoms with Gasteiger partial charge in [-0.2, -0.15) is 11.8 Å². The van der Waals surface area contributed by atoms with Gasteiger partial charge in [0.15, 0.2) is 0 Å². The first-order valence-corrected chi connectivity index (χ1v) is 7.50. The van der Waals surface area contributed by atoms with Crippen LogP contribution in [0.25, 0.3) is 0 Å². The molecule has 3 heteroatoms. The maximum absolute atomic E-state index is 10.00. The monoisotopic (exact) mass is 246 g/mol. The molecule has 0 amide bonds. The van der Waals surface area contributed by atoms with Gasteiger partial charge in [-0.05, 0) is 63.4 Å². The first-order chi connectivity index (χ1) is 7.53. The van der Waals surface area contributed by atoms with E-state index in [0.29, 0.717) is 0 Å². The van der Waals surface area contributed by atoms with Crippen molar-refractivity contribution in [2.24, 2.45) is 5.92 Å². The van der Waals surface area contributed by atoms with E-state index in [-0.39, 0.29) is 11.7 Å². The summed E-state index contributed by atoms with van der Waals surface area (Å²) < 4.78 is 5.36. The van der Waals surface area contributed by atoms with Crippen molar-refractivity contribution in [2.45, 2.75) is 57.7 Å². The van der Waals surface area contributed by atoms with Crippen LogP contribution in [0, 0.1) is 5.92 Å². The molecule has 16 heavy (non-hydrogen) atoms. The van der Waals surface area contributed by atoms with Crippen LogP contribution in [0.2, 0.25) is 0 Å². The van der Waals surface area contributed by atoms with Gasteiger partial charge in [-0.15, -0.1) is 0 Å². The van der Waals surface area contributed by atoms with E-state index in [1.54, 1.807) is 7.11 Å². The third-order valence-corrected chi connectivity index (χ3v) is 4.63. The number of aliphatic hydroxyl groups is 1. The van der Waals surface area contributed by atoms with E-state index in [1.165, 1.54) is 24.3 Å². The Morgan fingerprint density at radius 1 is 1.38 bits per heavy atom. The quantitative estimate of drug-likeness (QED) is 0.781. The molecule has 1 aliphatic heterocycles. The van der Waals surface area contributed by atoms with Gasteiger partial charge in [0, 0.05) is 7.11 Å². The Hall–Kier alpha value is 0.270. The van der Waals surface area contributed by atoms with Gasteiger partial charge in [0.05, 0.1) is 11.7 Å². The highest BCUT2D eigenvalue weighted by atomic mass is 32.2. The number of thioether (sulfide) groups is 1. The summed E-state index contributed by atoms with van der Waals surface area (Å²) in [7, 11) is 1.74. The first kappa shape index (κ1) is 14.3. The zero-order valence-electron chi connectivity index (χ0n) is 10.9. The van der Waals surface area contributed by atoms with E-state index >= 15 is 0 Å². The summed E-state index contributed by atoms with van der Waals surface area (Å²) in [6, 6.07) is 0. The largest absolute Gasteiger partial charge is 0.393 e. The standard InChI is InChI=1S/C13H26O2S/c1-13(2,15-3)7-4-12(14)10-11-5-8-16-9-6-11/h11-12,14H,4-10H2,1-3H3. The van der Waals surface area contributed by atoms with Gasteiger partial charge < -0.3 is 9.84 Å². The average Bonchev–Trinajstić information content (AvgIpc) is 2.28. The summed E-state index contributed by atoms with van der Waals surface area (Å²) >= 11 is 2.05. The summed E-state index contributed by atoms with van der Waals surface area (Å²) in [6.07, 6.45) is 5.23. The fourth-order valence-electron chi connectivity index (χ4n) is 2.10. The van der Waals surface area contributed by atoms with Gasteiger partial charge >= 0.3 is 0 Å². The van der Waals surface area contributed by atoms with E-state index in [0.717, 1.165) is 25.2 Å². The Morgan fingerprint density at radius 2 is 2.00 bits per heavy atom. The second-order valence-electron chi connectivity index (χ2n) is 5.45. The topological polar surface area (TPSA) is 29.5 Å². The molecule has 0 aromatic heterocycles. The zero-order valence-corrected chi connectivity index (χ0v) is 11.7. The summed E-state index contributed by atoms with van der Waals surface area (Å²) in [5.74, 6) is 3.31. The van der Waals surface area contributed by atoms with Gasteiger partial charge in [-0.1, -0.05) is 0 Å². The van der Waals surface area contributed by atoms with Crippen LogP contribution in [0.1, 0.15) is 46.0 Å². The summed E-state index contributed by atoms with van der Waals surface area (Å²) in [6.45, 7) is 4.16. The van der Waals surface area contributed by atoms with Crippen LogP contribution in [0.15, 0.2) is 0 Å². The number of ether oxygens (including phenoxy) is 1. The number of aliphatic hydroxyl groups excluding tert-OH is 1. The molecule has 0 bridgehead atoms. The van der Waals surface area contributed by atoms with E-state index in [9.17, 15) is 5.11 Å². The molecule has 1 fully saturated rings. The van der Waals surface area contributed by atoms with Crippen LogP contribution in [-0.4, -0.2) is 35.4 Å². The maximum Gasteiger partial charge on any atom is 0.0623 e. The Morgan fingerprint density at radius 3 is 2.56 bits per heavy atom. The minimum Gasteiger partial charge on any atom is -0.393 e. The van der Waals surface area contributed by atoms with Crippen LogP contribution in [0.3, 0.4) is 0 Å². The van der Waals surface area contributed by atoms with Crippen molar-refractivity contribution in [3.63, 3.8) is 0 Å². The van der Waals surface area contributed by atoms with Crippen molar-refractivity contribution in [1.82, 2.24) is 0 Å². The van der Waals surface area contributed by atoms with E-state index in [4.69, 9.17) is 4.74 Å². The SMILES string of the molecule is COC(C)(C)CCC(O)CC1CCSCC1. The Balaban J connectivity index is 2.17. The third kappa shape index (κ3) is 5.55. The molecule has 1 atom stereocenters. The zero-order chi connectivity index (χ0) is 12.0. The number of methoxy groups -OCH3 is 1. The van der Waals surface area contributed by atoms with E-state index in [2.05, 4.69) is 13.8 Å². The van der Waals surface area contributed by atoms with Crippen LogP contribution in [0.5, 0.6) is 0 Å². The first-order valence-electron chi connectivity index (χ1n) is 6.34. The molecular weight excluding hydrogens is 220 g/mol. The molecule has 0 aromatic rings. The van der Waals surface area contributed by atoms with E-state index in [1.807, 2.05) is 11.8 Å². The minimum absolute atomic E-state index is 0.0939. The second kappa shape index (κ2) is 6.87. The minimum atomic E-state index is -0.137. The Labute approximate surface area is 104 Å². The highest BCUT2D eigenvalue weighted by molar-refractivity contribution is 7.99. The Bertz CT molecular complexity index is 188. The van der Waals surface area contributed by atoms with Crippen molar-refractivity contribution < 1.29 is 9.84 Å². The second-order valence-corrected chi connectivity index (χ2v) is 6.67. The summed E-state index contributed by atoms with van der Waals surface area (Å²) in [5, 5.41) is 10.00. The van der Waals surface area contributed by atoms with Gasteiger partial charge in [-0.25, -0.2) is 0 Å². The number of hydrogen-bond acceptors (Lipinski definition) is 3. The third-order valence-electron chi connectivity index (χ3n) is 3.58. The lowest BCUT2D eigenvalue weighted by Crippen LogP contribution is -2.25. The smallest absolute Gasteiger partial charge is 0.0623 e. The summed E-state index contributed by atoms with van der Waals surface area (Å²) in [5.41, 5.74) is -0.0939. The molecule has 1 unspecified atom stereocenters. The fraction of sp³-hybridized carbons (Fsp3) is 1.00. The predicted octanol–water partition coefficient (Wildman–Crippen LogP) is 3.09. The molecule has 0 saturated carbocycles. The number of rotatable bonds is 6. The van der Waals surface area contributed by atoms with Crippen LogP contribution < -0.4 is 0 Å². The lowest BCUT2D eigenvalue weighted by Gasteiger charge is -2.27. The molecule has 0 spiro atoms. The van der Waals surface area contributed by atoms with Crippen LogP contribution in [0.4, 0.5) is 0 Å². The molecule has 1 N–H and O–H groups in total. The van der Waals surface area contributed by atoms with Crippen LogP contribution >= 0.6 is 11.8 Å². The Kier molecular flexibility index (Phi) is 6.16. The molecule has 1 saturated heterocycles. The molecule has 1 heterocycles. The lowest BCUT2D eigenvalue weighted by molar-refractivity contribution is 0.000528. The fourth-order valence-corrected chi connectivity index (χ4v) is 3.31. The average molecular weight is 246 g/mol. The van der Waals surface area contributed by atoms with Crippen molar-refractivity contribution >= 4 is 11.8 Å². The van der Waals surface area contributed by atoms with Crippen LogP contribution in [-0.2, 0) is 4.74 Å². The van der Waals surface area contributed by atoms with Gasteiger partial charge in [0.25, 0.3) is 0 Å². The molecule has 96 valence electrons. The highest BCUT2D eigenvalue weighted by Gasteiger charge is 2.21. The molecular formula is C13H26O2S. The van der Waals surface area contributed by atoms with Gasteiger partial charge in [0.1, 0.15) is 0 Å². The molecule has 0 aliphatic carbocycles. The van der Waals surface area contributed by atoms with Gasteiger partial charge in [0.2, 0.25) is 0 Å². The van der Waals surface area contributed by atoms with Crippen molar-refractivity contribution in [3.05, 3.63) is 0 Å². The molecule has 0 aromatic carbocycles. The normalized spacial score (nSPS) is 21.0. The number of hydrogen-bond donors (Lipinski definition) is 1.